The molecule has 0 aliphatic heterocycles. The highest BCUT2D eigenvalue weighted by Crippen LogP contribution is 2.16. The number of ether oxygens (including phenoxy) is 1. The molecule has 2 aromatic rings. The van der Waals surface area contributed by atoms with Crippen molar-refractivity contribution in [2.45, 2.75) is 32.7 Å². The SMILES string of the molecule is Cc1nc([N+](=O)[O-])cn1CCCCCOc1ccccc1/C=N/O. The second kappa shape index (κ2) is 8.66. The van der Waals surface area contributed by atoms with Crippen LogP contribution in [0.5, 0.6) is 5.75 Å². The highest BCUT2D eigenvalue weighted by Gasteiger charge is 2.14. The van der Waals surface area contributed by atoms with Gasteiger partial charge in [0.25, 0.3) is 0 Å². The van der Waals surface area contributed by atoms with Crippen molar-refractivity contribution in [3.63, 3.8) is 0 Å². The molecule has 1 aromatic heterocycles. The molecule has 8 nitrogen and oxygen atoms in total. The summed E-state index contributed by atoms with van der Waals surface area (Å²) in [6.07, 6.45) is 5.49. The molecule has 1 N–H and O–H groups in total. The first kappa shape index (κ1) is 17.5. The van der Waals surface area contributed by atoms with Crippen LogP contribution in [0.1, 0.15) is 30.7 Å². The zero-order valence-electron chi connectivity index (χ0n) is 13.5. The van der Waals surface area contributed by atoms with E-state index < -0.39 is 4.92 Å². The van der Waals surface area contributed by atoms with Crippen LogP contribution in [-0.4, -0.2) is 32.5 Å². The Kier molecular flexibility index (Phi) is 6.30. The van der Waals surface area contributed by atoms with E-state index in [2.05, 4.69) is 10.1 Å². The minimum atomic E-state index is -0.482. The monoisotopic (exact) mass is 332 g/mol. The Balaban J connectivity index is 1.71. The Morgan fingerprint density at radius 3 is 2.88 bits per heavy atom. The zero-order chi connectivity index (χ0) is 17.4. The molecule has 0 bridgehead atoms. The number of nitro groups is 1. The number of unbranched alkanes of at least 4 members (excludes halogenated alkanes) is 2. The maximum absolute atomic E-state index is 10.7. The number of para-hydroxylation sites is 1. The Morgan fingerprint density at radius 1 is 1.38 bits per heavy atom. The lowest BCUT2D eigenvalue weighted by Gasteiger charge is -2.08. The van der Waals surface area contributed by atoms with Crippen molar-refractivity contribution in [1.82, 2.24) is 9.55 Å². The van der Waals surface area contributed by atoms with E-state index in [9.17, 15) is 10.1 Å². The summed E-state index contributed by atoms with van der Waals surface area (Å²) in [5.74, 6) is 1.21. The molecule has 128 valence electrons. The van der Waals surface area contributed by atoms with Gasteiger partial charge in [-0.3, -0.25) is 0 Å². The van der Waals surface area contributed by atoms with Gasteiger partial charge in [-0.05, 0) is 41.3 Å². The number of hydrogen-bond acceptors (Lipinski definition) is 6. The molecule has 0 radical (unpaired) electrons. The number of rotatable bonds is 9. The zero-order valence-corrected chi connectivity index (χ0v) is 13.5. The smallest absolute Gasteiger partial charge is 0.381 e. The molecule has 24 heavy (non-hydrogen) atoms. The quantitative estimate of drug-likeness (QED) is 0.250. The highest BCUT2D eigenvalue weighted by molar-refractivity contribution is 5.82. The molecule has 0 spiro atoms. The van der Waals surface area contributed by atoms with Gasteiger partial charge in [0.1, 0.15) is 11.9 Å². The Hall–Kier alpha value is -2.90. The average molecular weight is 332 g/mol. The number of oxime groups is 1. The molecule has 0 aliphatic carbocycles. The van der Waals surface area contributed by atoms with Crippen molar-refractivity contribution in [1.29, 1.82) is 0 Å². The average Bonchev–Trinajstić information content (AvgIpc) is 2.94. The third-order valence-corrected chi connectivity index (χ3v) is 3.57. The van der Waals surface area contributed by atoms with E-state index in [1.807, 2.05) is 24.3 Å². The molecule has 8 heteroatoms. The number of imidazole rings is 1. The predicted octanol–water partition coefficient (Wildman–Crippen LogP) is 3.16. The minimum Gasteiger partial charge on any atom is -0.493 e. The molecule has 0 atom stereocenters. The number of hydrogen-bond donors (Lipinski definition) is 1. The molecule has 1 heterocycles. The molecule has 0 unspecified atom stereocenters. The molecular weight excluding hydrogens is 312 g/mol. The fourth-order valence-corrected chi connectivity index (χ4v) is 2.33. The summed E-state index contributed by atoms with van der Waals surface area (Å²) >= 11 is 0. The van der Waals surface area contributed by atoms with Gasteiger partial charge in [0.05, 0.1) is 12.8 Å². The van der Waals surface area contributed by atoms with Crippen molar-refractivity contribution in [2.75, 3.05) is 6.61 Å². The minimum absolute atomic E-state index is 0.113. The van der Waals surface area contributed by atoms with Crippen LogP contribution in [0.25, 0.3) is 0 Å². The summed E-state index contributed by atoms with van der Waals surface area (Å²) in [7, 11) is 0. The van der Waals surface area contributed by atoms with Gasteiger partial charge in [0.2, 0.25) is 5.82 Å². The van der Waals surface area contributed by atoms with Crippen LogP contribution in [-0.2, 0) is 6.54 Å². The van der Waals surface area contributed by atoms with Crippen LogP contribution < -0.4 is 4.74 Å². The summed E-state index contributed by atoms with van der Waals surface area (Å²) < 4.78 is 7.49. The highest BCUT2D eigenvalue weighted by atomic mass is 16.6. The first-order chi connectivity index (χ1) is 11.6. The van der Waals surface area contributed by atoms with E-state index in [1.165, 1.54) is 12.4 Å². The standard InChI is InChI=1S/C16H20N4O4/c1-13-18-16(20(22)23)12-19(13)9-5-2-6-10-24-15-8-4-3-7-14(15)11-17-21/h3-4,7-8,11-12,21H,2,5-6,9-10H2,1H3/b17-11+. The van der Waals surface area contributed by atoms with E-state index in [0.717, 1.165) is 24.8 Å². The summed E-state index contributed by atoms with van der Waals surface area (Å²) in [5, 5.41) is 22.3. The number of nitrogens with zero attached hydrogens (tertiary/aromatic N) is 4. The van der Waals surface area contributed by atoms with Crippen LogP contribution in [0, 0.1) is 17.0 Å². The van der Waals surface area contributed by atoms with Crippen LogP contribution in [0.15, 0.2) is 35.6 Å². The number of aryl methyl sites for hydroxylation is 2. The lowest BCUT2D eigenvalue weighted by atomic mass is 10.2. The molecule has 0 saturated carbocycles. The van der Waals surface area contributed by atoms with Crippen molar-refractivity contribution < 1.29 is 14.9 Å². The van der Waals surface area contributed by atoms with Crippen LogP contribution >= 0.6 is 0 Å². The van der Waals surface area contributed by atoms with E-state index in [1.54, 1.807) is 11.5 Å². The maximum Gasteiger partial charge on any atom is 0.381 e. The summed E-state index contributed by atoms with van der Waals surface area (Å²) in [4.78, 5) is 14.1. The third kappa shape index (κ3) is 4.80. The largest absolute Gasteiger partial charge is 0.493 e. The lowest BCUT2D eigenvalue weighted by molar-refractivity contribution is -0.389. The summed E-state index contributed by atoms with van der Waals surface area (Å²) in [6, 6.07) is 7.34. The van der Waals surface area contributed by atoms with E-state index in [-0.39, 0.29) is 5.82 Å². The predicted molar refractivity (Wildman–Crippen MR) is 88.8 cm³/mol. The van der Waals surface area contributed by atoms with Gasteiger partial charge in [0.15, 0.2) is 0 Å². The van der Waals surface area contributed by atoms with Crippen molar-refractivity contribution >= 4 is 12.0 Å². The Morgan fingerprint density at radius 2 is 2.17 bits per heavy atom. The third-order valence-electron chi connectivity index (χ3n) is 3.57. The van der Waals surface area contributed by atoms with Crippen LogP contribution in [0.3, 0.4) is 0 Å². The Labute approximate surface area is 139 Å². The van der Waals surface area contributed by atoms with Gasteiger partial charge in [-0.15, -0.1) is 0 Å². The molecule has 0 saturated heterocycles. The van der Waals surface area contributed by atoms with Crippen molar-refractivity contribution in [2.24, 2.45) is 5.16 Å². The molecular formula is C16H20N4O4. The number of benzene rings is 1. The van der Waals surface area contributed by atoms with Gasteiger partial charge >= 0.3 is 5.82 Å². The van der Waals surface area contributed by atoms with E-state index in [0.29, 0.717) is 24.7 Å². The number of aromatic nitrogens is 2. The normalized spacial score (nSPS) is 11.0. The molecule has 2 rings (SSSR count). The molecule has 1 aromatic carbocycles. The first-order valence-corrected chi connectivity index (χ1v) is 7.69. The lowest BCUT2D eigenvalue weighted by Crippen LogP contribution is -2.02. The molecule has 0 amide bonds. The maximum atomic E-state index is 10.7. The fraction of sp³-hybridized carbons (Fsp3) is 0.375. The van der Waals surface area contributed by atoms with E-state index >= 15 is 0 Å². The van der Waals surface area contributed by atoms with Gasteiger partial charge in [-0.2, -0.15) is 0 Å². The van der Waals surface area contributed by atoms with Crippen LogP contribution in [0.4, 0.5) is 5.82 Å². The van der Waals surface area contributed by atoms with Gasteiger partial charge in [-0.25, -0.2) is 0 Å². The fourth-order valence-electron chi connectivity index (χ4n) is 2.33. The first-order valence-electron chi connectivity index (χ1n) is 7.69. The van der Waals surface area contributed by atoms with Gasteiger partial charge in [0, 0.05) is 19.0 Å². The summed E-state index contributed by atoms with van der Waals surface area (Å²) in [6.45, 7) is 3.01. The van der Waals surface area contributed by atoms with Gasteiger partial charge in [-0.1, -0.05) is 17.3 Å². The van der Waals surface area contributed by atoms with Crippen LogP contribution in [0.2, 0.25) is 0 Å². The van der Waals surface area contributed by atoms with E-state index in [4.69, 9.17) is 9.94 Å². The topological polar surface area (TPSA) is 103 Å². The second-order valence-electron chi connectivity index (χ2n) is 5.29. The van der Waals surface area contributed by atoms with Crippen molar-refractivity contribution in [3.05, 3.63) is 52.0 Å². The molecule has 0 fully saturated rings. The second-order valence-corrected chi connectivity index (χ2v) is 5.29. The Bertz CT molecular complexity index is 712. The molecule has 0 aliphatic rings. The van der Waals surface area contributed by atoms with Gasteiger partial charge < -0.3 is 24.6 Å². The van der Waals surface area contributed by atoms with Crippen molar-refractivity contribution in [3.8, 4) is 5.75 Å². The summed E-state index contributed by atoms with van der Waals surface area (Å²) in [5.41, 5.74) is 0.723.